The third-order valence-electron chi connectivity index (χ3n) is 5.05. The molecule has 3 rings (SSSR count). The van der Waals surface area contributed by atoms with E-state index in [9.17, 15) is 9.59 Å². The third-order valence-corrected chi connectivity index (χ3v) is 7.24. The van der Waals surface area contributed by atoms with Crippen LogP contribution in [-0.4, -0.2) is 30.5 Å². The molecule has 0 saturated carbocycles. The number of aryl methyl sites for hydroxylation is 2. The average molecular weight is 448 g/mol. The van der Waals surface area contributed by atoms with Crippen molar-refractivity contribution in [2.75, 3.05) is 5.32 Å². The zero-order chi connectivity index (χ0) is 22.0. The maximum absolute atomic E-state index is 13.2. The molecule has 7 nitrogen and oxygen atoms in total. The normalized spacial score (nSPS) is 12.6. The number of rotatable bonds is 8. The van der Waals surface area contributed by atoms with E-state index >= 15 is 0 Å². The monoisotopic (exact) mass is 447 g/mol. The molecule has 0 spiro atoms. The number of anilines is 1. The van der Waals surface area contributed by atoms with E-state index in [1.54, 1.807) is 21.5 Å². The van der Waals surface area contributed by atoms with Crippen LogP contribution >= 0.6 is 23.1 Å². The third kappa shape index (κ3) is 4.46. The summed E-state index contributed by atoms with van der Waals surface area (Å²) in [6.07, 6.45) is 3.54. The summed E-state index contributed by atoms with van der Waals surface area (Å²) in [7, 11) is 0. The Hall–Kier alpha value is -2.13. The van der Waals surface area contributed by atoms with Crippen molar-refractivity contribution >= 4 is 45.0 Å². The highest BCUT2D eigenvalue weighted by Crippen LogP contribution is 2.30. The molecule has 1 amide bonds. The van der Waals surface area contributed by atoms with Crippen LogP contribution in [0.2, 0.25) is 0 Å². The number of nitrogens with one attached hydrogen (secondary N) is 1. The second kappa shape index (κ2) is 9.34. The highest BCUT2D eigenvalue weighted by Gasteiger charge is 2.22. The summed E-state index contributed by atoms with van der Waals surface area (Å²) in [6, 6.07) is 1.93. The van der Waals surface area contributed by atoms with Crippen molar-refractivity contribution in [1.82, 2.24) is 19.3 Å². The predicted octanol–water partition coefficient (Wildman–Crippen LogP) is 4.77. The lowest BCUT2D eigenvalue weighted by Crippen LogP contribution is -2.28. The van der Waals surface area contributed by atoms with Crippen LogP contribution in [0, 0.1) is 13.8 Å². The number of amides is 1. The molecule has 0 aliphatic heterocycles. The molecular weight excluding hydrogens is 418 g/mol. The van der Waals surface area contributed by atoms with Gasteiger partial charge in [-0.2, -0.15) is 5.10 Å². The first-order valence-corrected chi connectivity index (χ1v) is 12.0. The van der Waals surface area contributed by atoms with E-state index in [-0.39, 0.29) is 17.5 Å². The molecule has 0 saturated heterocycles. The Labute approximate surface area is 184 Å². The molecule has 3 heterocycles. The molecule has 0 aromatic carbocycles. The summed E-state index contributed by atoms with van der Waals surface area (Å²) in [5, 5.41) is 8.09. The number of thioether (sulfide) groups is 1. The van der Waals surface area contributed by atoms with Gasteiger partial charge in [0, 0.05) is 23.5 Å². The number of unbranched alkanes of at least 4 members (excludes halogenated alkanes) is 1. The second-order valence-corrected chi connectivity index (χ2v) is 10.2. The molecule has 0 fully saturated rings. The first-order chi connectivity index (χ1) is 14.2. The van der Waals surface area contributed by atoms with E-state index in [1.807, 2.05) is 34.6 Å². The Morgan fingerprint density at radius 1 is 1.30 bits per heavy atom. The molecule has 162 valence electrons. The van der Waals surface area contributed by atoms with Gasteiger partial charge in [0.1, 0.15) is 10.6 Å². The van der Waals surface area contributed by atoms with Crippen LogP contribution in [0.15, 0.2) is 22.2 Å². The van der Waals surface area contributed by atoms with Gasteiger partial charge in [0.15, 0.2) is 5.16 Å². The second-order valence-electron chi connectivity index (χ2n) is 7.67. The average Bonchev–Trinajstić information content (AvgIpc) is 3.26. The Morgan fingerprint density at radius 3 is 2.70 bits per heavy atom. The quantitative estimate of drug-likeness (QED) is 0.397. The number of aromatic nitrogens is 4. The van der Waals surface area contributed by atoms with Gasteiger partial charge in [-0.1, -0.05) is 25.1 Å². The standard InChI is InChI=1S/C21H29N5O2S2/c1-7-8-11-25-20(28)17-13(4)14(5)29-19(17)24-21(25)30-15(6)18(27)23-16-9-10-22-26(16)12(2)3/h9-10,12,15H,7-8,11H2,1-6H3,(H,23,27). The minimum absolute atomic E-state index is 0.0108. The number of nitrogens with zero attached hydrogens (tertiary/aromatic N) is 4. The summed E-state index contributed by atoms with van der Waals surface area (Å²) in [6.45, 7) is 12.5. The first kappa shape index (κ1) is 22.6. The fourth-order valence-electron chi connectivity index (χ4n) is 3.18. The van der Waals surface area contributed by atoms with Crippen LogP contribution in [0.4, 0.5) is 5.82 Å². The SMILES string of the molecule is CCCCn1c(SC(C)C(=O)Nc2ccnn2C(C)C)nc2sc(C)c(C)c2c1=O. The van der Waals surface area contributed by atoms with Crippen LogP contribution in [-0.2, 0) is 11.3 Å². The van der Waals surface area contributed by atoms with Gasteiger partial charge in [-0.3, -0.25) is 14.2 Å². The van der Waals surface area contributed by atoms with Gasteiger partial charge in [0.25, 0.3) is 5.56 Å². The molecule has 30 heavy (non-hydrogen) atoms. The zero-order valence-corrected chi connectivity index (χ0v) is 20.0. The molecule has 0 aliphatic carbocycles. The highest BCUT2D eigenvalue weighted by molar-refractivity contribution is 8.00. The molecule has 3 aromatic rings. The van der Waals surface area contributed by atoms with Crippen LogP contribution < -0.4 is 10.9 Å². The molecule has 9 heteroatoms. The Balaban J connectivity index is 1.90. The minimum atomic E-state index is -0.417. The van der Waals surface area contributed by atoms with E-state index in [0.29, 0.717) is 22.9 Å². The van der Waals surface area contributed by atoms with Gasteiger partial charge in [-0.25, -0.2) is 9.67 Å². The van der Waals surface area contributed by atoms with Crippen LogP contribution in [0.3, 0.4) is 0 Å². The molecule has 0 radical (unpaired) electrons. The number of hydrogen-bond acceptors (Lipinski definition) is 6. The van der Waals surface area contributed by atoms with Crippen molar-refractivity contribution in [3.05, 3.63) is 33.1 Å². The van der Waals surface area contributed by atoms with Gasteiger partial charge in [0.05, 0.1) is 16.8 Å². The number of carbonyl (C=O) groups is 1. The first-order valence-electron chi connectivity index (χ1n) is 10.3. The molecule has 1 atom stereocenters. The van der Waals surface area contributed by atoms with Crippen molar-refractivity contribution in [2.24, 2.45) is 0 Å². The van der Waals surface area contributed by atoms with Gasteiger partial charge in [-0.15, -0.1) is 11.3 Å². The van der Waals surface area contributed by atoms with E-state index in [2.05, 4.69) is 17.3 Å². The molecule has 1 N–H and O–H groups in total. The maximum Gasteiger partial charge on any atom is 0.263 e. The fraction of sp³-hybridized carbons (Fsp3) is 0.524. The lowest BCUT2D eigenvalue weighted by molar-refractivity contribution is -0.115. The van der Waals surface area contributed by atoms with E-state index in [4.69, 9.17) is 4.98 Å². The Kier molecular flexibility index (Phi) is 7.02. The summed E-state index contributed by atoms with van der Waals surface area (Å²) in [4.78, 5) is 32.7. The summed E-state index contributed by atoms with van der Waals surface area (Å²) < 4.78 is 3.51. The molecule has 1 unspecified atom stereocenters. The smallest absolute Gasteiger partial charge is 0.263 e. The Bertz CT molecular complexity index is 1110. The number of thiophene rings is 1. The number of hydrogen-bond donors (Lipinski definition) is 1. The van der Waals surface area contributed by atoms with E-state index in [0.717, 1.165) is 28.1 Å². The van der Waals surface area contributed by atoms with E-state index < -0.39 is 5.25 Å². The molecule has 0 aliphatic rings. The van der Waals surface area contributed by atoms with Crippen molar-refractivity contribution in [1.29, 1.82) is 0 Å². The zero-order valence-electron chi connectivity index (χ0n) is 18.4. The largest absolute Gasteiger partial charge is 0.310 e. The van der Waals surface area contributed by atoms with Crippen LogP contribution in [0.25, 0.3) is 10.2 Å². The molecule has 0 bridgehead atoms. The summed E-state index contributed by atoms with van der Waals surface area (Å²) >= 11 is 2.86. The van der Waals surface area contributed by atoms with Crippen molar-refractivity contribution in [2.45, 2.75) is 77.4 Å². The summed E-state index contributed by atoms with van der Waals surface area (Å²) in [5.74, 6) is 0.524. The fourth-order valence-corrected chi connectivity index (χ4v) is 5.18. The number of fused-ring (bicyclic) bond motifs is 1. The topological polar surface area (TPSA) is 81.8 Å². The summed E-state index contributed by atoms with van der Waals surface area (Å²) in [5.41, 5.74) is 0.991. The number of carbonyl (C=O) groups excluding carboxylic acids is 1. The van der Waals surface area contributed by atoms with Gasteiger partial charge in [0.2, 0.25) is 5.91 Å². The van der Waals surface area contributed by atoms with Crippen molar-refractivity contribution < 1.29 is 4.79 Å². The van der Waals surface area contributed by atoms with Crippen molar-refractivity contribution in [3.63, 3.8) is 0 Å². The van der Waals surface area contributed by atoms with Gasteiger partial charge in [-0.05, 0) is 46.6 Å². The molecule has 3 aromatic heterocycles. The van der Waals surface area contributed by atoms with Gasteiger partial charge >= 0.3 is 0 Å². The van der Waals surface area contributed by atoms with Crippen LogP contribution in [0.5, 0.6) is 0 Å². The lowest BCUT2D eigenvalue weighted by atomic mass is 10.2. The maximum atomic E-state index is 13.2. The van der Waals surface area contributed by atoms with Gasteiger partial charge < -0.3 is 5.32 Å². The lowest BCUT2D eigenvalue weighted by Gasteiger charge is -2.17. The highest BCUT2D eigenvalue weighted by atomic mass is 32.2. The van der Waals surface area contributed by atoms with E-state index in [1.165, 1.54) is 23.1 Å². The predicted molar refractivity (Wildman–Crippen MR) is 125 cm³/mol. The Morgan fingerprint density at radius 2 is 2.03 bits per heavy atom. The van der Waals surface area contributed by atoms with Crippen molar-refractivity contribution in [3.8, 4) is 0 Å². The van der Waals surface area contributed by atoms with Crippen LogP contribution in [0.1, 0.15) is 57.0 Å². The molecular formula is C21H29N5O2S2. The minimum Gasteiger partial charge on any atom is -0.310 e.